The van der Waals surface area contributed by atoms with Crippen molar-refractivity contribution in [2.45, 2.75) is 40.2 Å². The predicted octanol–water partition coefficient (Wildman–Crippen LogP) is 3.26. The Morgan fingerprint density at radius 3 is 2.26 bits per heavy atom. The van der Waals surface area contributed by atoms with Crippen molar-refractivity contribution in [3.05, 3.63) is 29.8 Å². The van der Waals surface area contributed by atoms with Crippen LogP contribution < -0.4 is 4.74 Å². The minimum Gasteiger partial charge on any atom is -0.458 e. The van der Waals surface area contributed by atoms with Gasteiger partial charge < -0.3 is 9.47 Å². The fraction of sp³-hybridized carbons (Fsp3) is 0.467. The van der Waals surface area contributed by atoms with Crippen LogP contribution in [0.5, 0.6) is 5.75 Å². The molecule has 0 aromatic heterocycles. The third kappa shape index (κ3) is 5.12. The zero-order chi connectivity index (χ0) is 14.4. The number of para-hydroxylation sites is 1. The van der Waals surface area contributed by atoms with Gasteiger partial charge in [-0.05, 0) is 18.4 Å². The summed E-state index contributed by atoms with van der Waals surface area (Å²) in [6.45, 7) is 6.82. The molecule has 1 rings (SSSR count). The quantitative estimate of drug-likeness (QED) is 0.605. The van der Waals surface area contributed by atoms with Gasteiger partial charge >= 0.3 is 11.9 Å². The summed E-state index contributed by atoms with van der Waals surface area (Å²) < 4.78 is 10.5. The second-order valence-electron chi connectivity index (χ2n) is 4.86. The summed E-state index contributed by atoms with van der Waals surface area (Å²) in [6.07, 6.45) is 0.283. The lowest BCUT2D eigenvalue weighted by molar-refractivity contribution is -0.147. The second-order valence-corrected chi connectivity index (χ2v) is 4.86. The zero-order valence-corrected chi connectivity index (χ0v) is 11.8. The minimum atomic E-state index is -0.395. The van der Waals surface area contributed by atoms with Crippen molar-refractivity contribution in [3.8, 4) is 5.75 Å². The van der Waals surface area contributed by atoms with Crippen LogP contribution in [0.2, 0.25) is 0 Å². The Bertz CT molecular complexity index is 451. The summed E-state index contributed by atoms with van der Waals surface area (Å²) in [7, 11) is 0. The van der Waals surface area contributed by atoms with Crippen molar-refractivity contribution in [3.63, 3.8) is 0 Å². The fourth-order valence-corrected chi connectivity index (χ4v) is 1.86. The number of hydrogen-bond donors (Lipinski definition) is 0. The molecule has 1 unspecified atom stereocenters. The van der Waals surface area contributed by atoms with Crippen molar-refractivity contribution in [2.75, 3.05) is 0 Å². The molecule has 0 aliphatic heterocycles. The van der Waals surface area contributed by atoms with E-state index < -0.39 is 12.1 Å². The number of esters is 2. The van der Waals surface area contributed by atoms with E-state index in [-0.39, 0.29) is 5.97 Å². The zero-order valence-electron chi connectivity index (χ0n) is 11.8. The molecule has 0 saturated carbocycles. The maximum absolute atomic E-state index is 11.2. The Kier molecular flexibility index (Phi) is 5.55. The van der Waals surface area contributed by atoms with Crippen LogP contribution in [0.25, 0.3) is 0 Å². The van der Waals surface area contributed by atoms with E-state index in [4.69, 9.17) is 9.47 Å². The van der Waals surface area contributed by atoms with Gasteiger partial charge in [-0.25, -0.2) is 0 Å². The lowest BCUT2D eigenvalue weighted by atomic mass is 9.98. The van der Waals surface area contributed by atoms with Crippen molar-refractivity contribution in [2.24, 2.45) is 5.92 Å². The molecule has 0 fully saturated rings. The molecule has 0 aliphatic rings. The van der Waals surface area contributed by atoms with Gasteiger partial charge in [-0.2, -0.15) is 0 Å². The van der Waals surface area contributed by atoms with E-state index >= 15 is 0 Å². The molecule has 0 radical (unpaired) electrons. The van der Waals surface area contributed by atoms with E-state index in [1.165, 1.54) is 13.8 Å². The number of carbonyl (C=O) groups is 2. The molecule has 0 saturated heterocycles. The number of hydrogen-bond acceptors (Lipinski definition) is 4. The molecule has 0 amide bonds. The summed E-state index contributed by atoms with van der Waals surface area (Å²) in [5, 5.41) is 0. The number of rotatable bonds is 5. The van der Waals surface area contributed by atoms with Gasteiger partial charge in [0, 0.05) is 19.4 Å². The SMILES string of the molecule is CC(=O)Oc1ccccc1C(CC(C)C)OC(C)=O. The highest BCUT2D eigenvalue weighted by molar-refractivity contribution is 5.70. The van der Waals surface area contributed by atoms with E-state index in [1.807, 2.05) is 26.0 Å². The van der Waals surface area contributed by atoms with Gasteiger partial charge in [0.05, 0.1) is 0 Å². The van der Waals surface area contributed by atoms with Gasteiger partial charge in [-0.1, -0.05) is 32.0 Å². The van der Waals surface area contributed by atoms with E-state index in [1.54, 1.807) is 12.1 Å². The lowest BCUT2D eigenvalue weighted by Crippen LogP contribution is -2.13. The van der Waals surface area contributed by atoms with Crippen LogP contribution in [0.3, 0.4) is 0 Å². The number of benzene rings is 1. The van der Waals surface area contributed by atoms with Crippen molar-refractivity contribution in [1.29, 1.82) is 0 Å². The molecule has 1 atom stereocenters. The first-order valence-corrected chi connectivity index (χ1v) is 6.34. The highest BCUT2D eigenvalue weighted by atomic mass is 16.6. The summed E-state index contributed by atoms with van der Waals surface area (Å²) in [6, 6.07) is 7.13. The molecule has 0 heterocycles. The Morgan fingerprint density at radius 2 is 1.74 bits per heavy atom. The first-order chi connectivity index (χ1) is 8.90. The van der Waals surface area contributed by atoms with Gasteiger partial charge in [0.2, 0.25) is 0 Å². The molecule has 0 N–H and O–H groups in total. The molecule has 0 spiro atoms. The van der Waals surface area contributed by atoms with Crippen molar-refractivity contribution < 1.29 is 19.1 Å². The molecule has 1 aromatic carbocycles. The van der Waals surface area contributed by atoms with E-state index in [0.29, 0.717) is 18.1 Å². The van der Waals surface area contributed by atoms with Crippen LogP contribution in [0.1, 0.15) is 45.8 Å². The van der Waals surface area contributed by atoms with Gasteiger partial charge in [-0.15, -0.1) is 0 Å². The van der Waals surface area contributed by atoms with Crippen LogP contribution in [-0.4, -0.2) is 11.9 Å². The molecule has 1 aromatic rings. The first-order valence-electron chi connectivity index (χ1n) is 6.34. The summed E-state index contributed by atoms with van der Waals surface area (Å²) in [5.74, 6) is 0.0680. The highest BCUT2D eigenvalue weighted by Crippen LogP contribution is 2.32. The molecule has 4 heteroatoms. The molecular formula is C15H20O4. The van der Waals surface area contributed by atoms with Crippen molar-refractivity contribution >= 4 is 11.9 Å². The summed E-state index contributed by atoms with van der Waals surface area (Å²) >= 11 is 0. The van der Waals surface area contributed by atoms with Gasteiger partial charge in [-0.3, -0.25) is 9.59 Å². The highest BCUT2D eigenvalue weighted by Gasteiger charge is 2.21. The molecule has 4 nitrogen and oxygen atoms in total. The standard InChI is InChI=1S/C15H20O4/c1-10(2)9-15(19-12(4)17)13-7-5-6-8-14(13)18-11(3)16/h5-8,10,15H,9H2,1-4H3. The monoisotopic (exact) mass is 264 g/mol. The van der Waals surface area contributed by atoms with Crippen molar-refractivity contribution in [1.82, 2.24) is 0 Å². The first kappa shape index (κ1) is 15.2. The van der Waals surface area contributed by atoms with E-state index in [2.05, 4.69) is 0 Å². The van der Waals surface area contributed by atoms with E-state index in [9.17, 15) is 9.59 Å². The number of carbonyl (C=O) groups excluding carboxylic acids is 2. The molecule has 19 heavy (non-hydrogen) atoms. The third-order valence-corrected chi connectivity index (χ3v) is 2.51. The maximum atomic E-state index is 11.2. The number of ether oxygens (including phenoxy) is 2. The Balaban J connectivity index is 3.05. The summed E-state index contributed by atoms with van der Waals surface area (Å²) in [5.41, 5.74) is 0.724. The van der Waals surface area contributed by atoms with Crippen LogP contribution in [0.4, 0.5) is 0 Å². The Hall–Kier alpha value is -1.84. The fourth-order valence-electron chi connectivity index (χ4n) is 1.86. The average Bonchev–Trinajstić information content (AvgIpc) is 2.26. The van der Waals surface area contributed by atoms with E-state index in [0.717, 1.165) is 5.56 Å². The third-order valence-electron chi connectivity index (χ3n) is 2.51. The largest absolute Gasteiger partial charge is 0.458 e. The van der Waals surface area contributed by atoms with Gasteiger partial charge in [0.1, 0.15) is 11.9 Å². The molecule has 0 aliphatic carbocycles. The average molecular weight is 264 g/mol. The lowest BCUT2D eigenvalue weighted by Gasteiger charge is -2.21. The molecular weight excluding hydrogens is 244 g/mol. The summed E-state index contributed by atoms with van der Waals surface area (Å²) in [4.78, 5) is 22.3. The Labute approximate surface area is 113 Å². The minimum absolute atomic E-state index is 0.344. The van der Waals surface area contributed by atoms with Crippen LogP contribution >= 0.6 is 0 Å². The predicted molar refractivity (Wildman–Crippen MR) is 71.7 cm³/mol. The maximum Gasteiger partial charge on any atom is 0.308 e. The van der Waals surface area contributed by atoms with Crippen LogP contribution in [0.15, 0.2) is 24.3 Å². The van der Waals surface area contributed by atoms with Gasteiger partial charge in [0.15, 0.2) is 0 Å². The van der Waals surface area contributed by atoms with Crippen LogP contribution in [-0.2, 0) is 14.3 Å². The topological polar surface area (TPSA) is 52.6 Å². The van der Waals surface area contributed by atoms with Gasteiger partial charge in [0.25, 0.3) is 0 Å². The molecule has 104 valence electrons. The smallest absolute Gasteiger partial charge is 0.308 e. The molecule has 0 bridgehead atoms. The Morgan fingerprint density at radius 1 is 1.11 bits per heavy atom. The van der Waals surface area contributed by atoms with Crippen LogP contribution in [0, 0.1) is 5.92 Å². The second kappa shape index (κ2) is 6.92. The normalized spacial score (nSPS) is 12.1.